The van der Waals surface area contributed by atoms with Gasteiger partial charge in [-0.05, 0) is 75.4 Å². The second-order valence-corrected chi connectivity index (χ2v) is 17.1. The number of rotatable bonds is 25. The molecule has 0 unspecified atom stereocenters. The third-order valence-corrected chi connectivity index (χ3v) is 11.5. The normalized spacial score (nSPS) is 12.1. The van der Waals surface area contributed by atoms with Crippen LogP contribution < -0.4 is 37.2 Å². The number of nitrogens with zero attached hydrogens (tertiary/aromatic N) is 2. The van der Waals surface area contributed by atoms with Crippen LogP contribution in [0.2, 0.25) is 0 Å². The van der Waals surface area contributed by atoms with Gasteiger partial charge < -0.3 is 46.4 Å². The lowest BCUT2D eigenvalue weighted by Crippen LogP contribution is -2.49. The number of benzene rings is 2. The first-order chi connectivity index (χ1) is 32.8. The number of Topliss-reactive ketones (excluding diaryl/α,β-unsaturated/α-hetero) is 2. The highest BCUT2D eigenvalue weighted by Gasteiger charge is 2.54. The van der Waals surface area contributed by atoms with Crippen LogP contribution in [0.25, 0.3) is 10.9 Å². The number of pyridine rings is 1. The van der Waals surface area contributed by atoms with E-state index >= 15 is 0 Å². The molecule has 27 heteroatoms. The molecule has 0 aliphatic carbocycles. The lowest BCUT2D eigenvalue weighted by atomic mass is 10.1. The molecule has 0 aliphatic rings. The van der Waals surface area contributed by atoms with Gasteiger partial charge in [0.05, 0.1) is 10.4 Å². The van der Waals surface area contributed by atoms with Crippen LogP contribution in [0.4, 0.5) is 32.3 Å². The number of amides is 3. The van der Waals surface area contributed by atoms with E-state index in [0.29, 0.717) is 68.3 Å². The van der Waals surface area contributed by atoms with E-state index in [2.05, 4.69) is 36.0 Å². The fourth-order valence-corrected chi connectivity index (χ4v) is 8.22. The van der Waals surface area contributed by atoms with E-state index < -0.39 is 63.8 Å². The first-order valence-electron chi connectivity index (χ1n) is 21.3. The van der Waals surface area contributed by atoms with Crippen LogP contribution in [-0.4, -0.2) is 121 Å². The maximum Gasteiger partial charge on any atom is 0.458 e. The van der Waals surface area contributed by atoms with Crippen molar-refractivity contribution >= 4 is 62.1 Å². The molecule has 0 radical (unpaired) electrons. The van der Waals surface area contributed by atoms with Gasteiger partial charge in [-0.2, -0.15) is 31.1 Å². The molecule has 384 valence electrons. The number of anilines is 1. The zero-order valence-corrected chi connectivity index (χ0v) is 38.9. The van der Waals surface area contributed by atoms with Crippen LogP contribution in [-0.2, 0) is 51.8 Å². The Kier molecular flexibility index (Phi) is 21.7. The largest absolute Gasteiger partial charge is 0.480 e. The molecular weight excluding hydrogens is 965 g/mol. The van der Waals surface area contributed by atoms with Crippen LogP contribution in [0.3, 0.4) is 0 Å². The van der Waals surface area contributed by atoms with E-state index in [1.807, 2.05) is 6.92 Å². The summed E-state index contributed by atoms with van der Waals surface area (Å²) in [5.74, 6) is -9.25. The Morgan fingerprint density at radius 1 is 0.857 bits per heavy atom. The molecule has 2 aromatic heterocycles. The van der Waals surface area contributed by atoms with E-state index in [0.717, 1.165) is 17.5 Å². The summed E-state index contributed by atoms with van der Waals surface area (Å²) in [5, 5.41) is 21.2. The average Bonchev–Trinajstić information content (AvgIpc) is 3.80. The fraction of sp³-hybridized carbons (Fsp3) is 0.442. The summed E-state index contributed by atoms with van der Waals surface area (Å²) in [6, 6.07) is 6.70. The number of aryl methyl sites for hydroxylation is 4. The maximum atomic E-state index is 13.7. The van der Waals surface area contributed by atoms with Gasteiger partial charge in [0, 0.05) is 82.8 Å². The first kappa shape index (κ1) is 57.6. The van der Waals surface area contributed by atoms with E-state index in [9.17, 15) is 73.4 Å². The molecule has 2 aromatic carbocycles. The smallest absolute Gasteiger partial charge is 0.458 e. The molecule has 3 amide bonds. The van der Waals surface area contributed by atoms with Crippen molar-refractivity contribution in [3.8, 4) is 0 Å². The second kappa shape index (κ2) is 26.3. The van der Waals surface area contributed by atoms with Gasteiger partial charge in [-0.3, -0.25) is 33.6 Å². The van der Waals surface area contributed by atoms with Crippen molar-refractivity contribution in [3.05, 3.63) is 87.0 Å². The standard InChI is InChI=1S/C39H53N9O9S.C4F6O2/c1-25-19-26(2)36(27(3)20-25)58(55,56)47-31(38(53)54)23-45-37(52)30-24-48(32-21-28(7-8-29(32)35(30)51)22-46-39-43-14-15-44-39)16-5-12-41-33(49)9-10-34(50)42-13-6-18-57-17-4-11-40;5-3(6,7)1(11)2(12)4(8,9)10/h7-8,14-15,19-21,24,31,47H,4-6,9-13,16-18,22-23,40H2,1-3H3,(H,41,49)(H,42,50)(H,45,52)(H,53,54)(H2,43,44,46);/t31-;/m0./s1. The maximum absolute atomic E-state index is 13.7. The monoisotopic (exact) mass is 1020 g/mol. The van der Waals surface area contributed by atoms with E-state index in [1.54, 1.807) is 61.1 Å². The van der Waals surface area contributed by atoms with E-state index in [4.69, 9.17) is 10.5 Å². The minimum Gasteiger partial charge on any atom is -0.480 e. The van der Waals surface area contributed by atoms with Gasteiger partial charge in [0.25, 0.3) is 5.91 Å². The third kappa shape index (κ3) is 18.0. The molecule has 0 fully saturated rings. The van der Waals surface area contributed by atoms with Crippen LogP contribution in [0.1, 0.15) is 64.7 Å². The van der Waals surface area contributed by atoms with Crippen LogP contribution in [0, 0.1) is 20.8 Å². The number of carbonyl (C=O) groups excluding carboxylic acids is 5. The number of fused-ring (bicyclic) bond motifs is 1. The van der Waals surface area contributed by atoms with Gasteiger partial charge in [0.15, 0.2) is 5.95 Å². The Morgan fingerprint density at radius 2 is 1.44 bits per heavy atom. The number of halogens is 6. The van der Waals surface area contributed by atoms with Crippen molar-refractivity contribution in [2.75, 3.05) is 44.7 Å². The van der Waals surface area contributed by atoms with Crippen LogP contribution in [0.5, 0.6) is 0 Å². The number of carboxylic acids is 1. The summed E-state index contributed by atoms with van der Waals surface area (Å²) in [4.78, 5) is 90.4. The second-order valence-electron chi connectivity index (χ2n) is 15.5. The number of carboxylic acid groups (broad SMARTS) is 1. The molecule has 0 saturated carbocycles. The zero-order chi connectivity index (χ0) is 52.4. The summed E-state index contributed by atoms with van der Waals surface area (Å²) in [6.45, 7) is 7.29. The highest BCUT2D eigenvalue weighted by Crippen LogP contribution is 2.25. The predicted octanol–water partition coefficient (Wildman–Crippen LogP) is 2.83. The number of nitrogens with two attached hydrogens (primary N) is 1. The Balaban J connectivity index is 0.000000949. The highest BCUT2D eigenvalue weighted by molar-refractivity contribution is 7.89. The summed E-state index contributed by atoms with van der Waals surface area (Å²) >= 11 is 0. The Hall–Kier alpha value is -6.71. The van der Waals surface area contributed by atoms with Gasteiger partial charge >= 0.3 is 29.9 Å². The van der Waals surface area contributed by atoms with Gasteiger partial charge in [-0.25, -0.2) is 13.4 Å². The molecule has 20 nitrogen and oxygen atoms in total. The lowest BCUT2D eigenvalue weighted by molar-refractivity contribution is -0.193. The molecule has 4 rings (SSSR count). The number of ether oxygens (including phenoxy) is 1. The summed E-state index contributed by atoms with van der Waals surface area (Å²) in [6.07, 6.45) is -5.09. The zero-order valence-electron chi connectivity index (χ0n) is 38.1. The Bertz CT molecular complexity index is 2610. The average molecular weight is 1020 g/mol. The molecule has 2 heterocycles. The van der Waals surface area contributed by atoms with Gasteiger partial charge in [-0.1, -0.05) is 23.8 Å². The molecule has 4 aromatic rings. The minimum atomic E-state index is -5.77. The Labute approximate surface area is 396 Å². The summed E-state index contributed by atoms with van der Waals surface area (Å²) in [5.41, 5.74) is 7.55. The van der Waals surface area contributed by atoms with Crippen molar-refractivity contribution in [2.45, 2.75) is 89.3 Å². The number of hydrogen-bond acceptors (Lipinski definition) is 13. The van der Waals surface area contributed by atoms with E-state index in [-0.39, 0.29) is 53.6 Å². The lowest BCUT2D eigenvalue weighted by Gasteiger charge is -2.19. The van der Waals surface area contributed by atoms with Crippen molar-refractivity contribution in [2.24, 2.45) is 5.73 Å². The molecule has 0 spiro atoms. The minimum absolute atomic E-state index is 0.00609. The van der Waals surface area contributed by atoms with Crippen molar-refractivity contribution in [1.29, 1.82) is 0 Å². The van der Waals surface area contributed by atoms with Gasteiger partial charge in [-0.15, -0.1) is 0 Å². The van der Waals surface area contributed by atoms with Crippen LogP contribution in [0.15, 0.2) is 58.6 Å². The summed E-state index contributed by atoms with van der Waals surface area (Å²) in [7, 11) is -4.31. The molecule has 0 aliphatic heterocycles. The third-order valence-electron chi connectivity index (χ3n) is 9.76. The predicted molar refractivity (Wildman–Crippen MR) is 240 cm³/mol. The Morgan fingerprint density at radius 3 is 1.99 bits per heavy atom. The van der Waals surface area contributed by atoms with E-state index in [1.165, 1.54) is 6.20 Å². The number of alkyl halides is 6. The number of aliphatic carboxylic acids is 1. The molecular formula is C43H53F6N9O11S. The quantitative estimate of drug-likeness (QED) is 0.0269. The number of nitrogens with one attached hydrogen (secondary N) is 6. The number of H-pyrrole nitrogens is 1. The SMILES string of the molecule is Cc1cc(C)c(S(=O)(=O)N[C@@H](CNC(=O)c2cn(CCCNC(=O)CCC(=O)NCCCOCCCN)c3cc(CNc4ncc[nH]4)ccc3c2=O)C(=O)O)c(C)c1.O=C(C(=O)C(F)(F)F)C(F)(F)F. The number of ketones is 2. The molecule has 70 heavy (non-hydrogen) atoms. The molecule has 1 atom stereocenters. The van der Waals surface area contributed by atoms with Crippen molar-refractivity contribution < 1.29 is 73.4 Å². The first-order valence-corrected chi connectivity index (χ1v) is 22.8. The fourth-order valence-electron chi connectivity index (χ4n) is 6.57. The van der Waals surface area contributed by atoms with Crippen molar-refractivity contribution in [1.82, 2.24) is 35.2 Å². The summed E-state index contributed by atoms with van der Waals surface area (Å²) < 4.78 is 103. The number of hydrogen-bond donors (Lipinski definition) is 8. The molecule has 0 bridgehead atoms. The number of carbonyl (C=O) groups is 6. The topological polar surface area (TPSA) is 303 Å². The number of sulfonamides is 1. The molecule has 0 saturated heterocycles. The number of aromatic amines is 1. The van der Waals surface area contributed by atoms with Gasteiger partial charge in [0.2, 0.25) is 27.3 Å². The van der Waals surface area contributed by atoms with Gasteiger partial charge in [0.1, 0.15) is 11.6 Å². The number of aromatic nitrogens is 3. The molecule has 9 N–H and O–H groups in total. The van der Waals surface area contributed by atoms with Crippen molar-refractivity contribution in [3.63, 3.8) is 0 Å². The highest BCUT2D eigenvalue weighted by atomic mass is 32.2. The van der Waals surface area contributed by atoms with Crippen LogP contribution >= 0.6 is 0 Å². The number of imidazole rings is 1.